The van der Waals surface area contributed by atoms with Crippen molar-refractivity contribution in [2.45, 2.75) is 6.92 Å². The van der Waals surface area contributed by atoms with Crippen LogP contribution in [-0.4, -0.2) is 4.57 Å². The molecule has 0 spiro atoms. The predicted octanol–water partition coefficient (Wildman–Crippen LogP) is 12.6. The maximum Gasteiger partial charge on any atom is 0.226 e. The largest absolute Gasteiger partial charge is 0.309 e. The molecular weight excluding hydrogens is 637 g/mol. The molecule has 0 bridgehead atoms. The Balaban J connectivity index is 1.17. The minimum atomic E-state index is 1.21. The number of aromatic nitrogens is 2. The lowest BCUT2D eigenvalue weighted by atomic mass is 9.99. The molecule has 0 atom stereocenters. The van der Waals surface area contributed by atoms with Crippen LogP contribution in [0.3, 0.4) is 0 Å². The summed E-state index contributed by atoms with van der Waals surface area (Å²) in [4.78, 5) is 0. The van der Waals surface area contributed by atoms with Crippen molar-refractivity contribution in [1.82, 2.24) is 4.57 Å². The third-order valence-corrected chi connectivity index (χ3v) is 11.9. The highest BCUT2D eigenvalue weighted by Crippen LogP contribution is 2.44. The first-order valence-electron chi connectivity index (χ1n) is 17.5. The van der Waals surface area contributed by atoms with Gasteiger partial charge in [0.15, 0.2) is 0 Å². The monoisotopic (exact) mass is 667 g/mol. The first-order valence-corrected chi connectivity index (χ1v) is 18.3. The van der Waals surface area contributed by atoms with E-state index in [0.717, 1.165) is 0 Å². The van der Waals surface area contributed by atoms with Gasteiger partial charge in [-0.25, -0.2) is 0 Å². The lowest BCUT2D eigenvalue weighted by Gasteiger charge is -2.13. The minimum Gasteiger partial charge on any atom is -0.309 e. The highest BCUT2D eigenvalue weighted by atomic mass is 32.1. The van der Waals surface area contributed by atoms with Gasteiger partial charge in [0.05, 0.1) is 16.7 Å². The van der Waals surface area contributed by atoms with Crippen LogP contribution in [0.5, 0.6) is 0 Å². The SMILES string of the molecule is Cc1cccc2c3ccc(-c4ccc5c(c4)c4ccccc4n5-c4cc(-c5ccccc5)cc5sc6ccccc6c45)cc3[n+]=2c2ccccc12. The second-order valence-electron chi connectivity index (χ2n) is 13.6. The zero-order chi connectivity index (χ0) is 33.6. The number of nitrogens with zero attached hydrogens (tertiary/aromatic N) is 2. The summed E-state index contributed by atoms with van der Waals surface area (Å²) < 4.78 is 7.54. The van der Waals surface area contributed by atoms with E-state index in [-0.39, 0.29) is 0 Å². The number of rotatable bonds is 3. The Labute approximate surface area is 298 Å². The van der Waals surface area contributed by atoms with Gasteiger partial charge in [-0.15, -0.1) is 11.3 Å². The first kappa shape index (κ1) is 28.5. The van der Waals surface area contributed by atoms with Gasteiger partial charge < -0.3 is 4.57 Å². The zero-order valence-corrected chi connectivity index (χ0v) is 28.8. The summed E-state index contributed by atoms with van der Waals surface area (Å²) in [6.45, 7) is 2.20. The van der Waals surface area contributed by atoms with Crippen molar-refractivity contribution >= 4 is 75.1 Å². The first-order chi connectivity index (χ1) is 25.2. The molecule has 51 heavy (non-hydrogen) atoms. The van der Waals surface area contributed by atoms with Gasteiger partial charge in [-0.1, -0.05) is 103 Å². The third kappa shape index (κ3) is 4.19. The van der Waals surface area contributed by atoms with Crippen molar-refractivity contribution in [3.05, 3.63) is 181 Å². The molecule has 0 saturated heterocycles. The normalized spacial score (nSPS) is 12.0. The van der Waals surface area contributed by atoms with Crippen molar-refractivity contribution < 1.29 is 4.24 Å². The topological polar surface area (TPSA) is 10.8 Å². The van der Waals surface area contributed by atoms with Gasteiger partial charge in [-0.3, -0.25) is 0 Å². The predicted molar refractivity (Wildman–Crippen MR) is 216 cm³/mol. The molecule has 0 fully saturated rings. The number of hydrogen-bond acceptors (Lipinski definition) is 1. The van der Waals surface area contributed by atoms with E-state index in [9.17, 15) is 0 Å². The molecule has 3 heteroatoms. The molecule has 0 unspecified atom stereocenters. The Bertz CT molecular complexity index is 3260. The highest BCUT2D eigenvalue weighted by molar-refractivity contribution is 7.26. The van der Waals surface area contributed by atoms with E-state index in [1.54, 1.807) is 0 Å². The molecule has 9 aromatic rings. The van der Waals surface area contributed by atoms with Crippen LogP contribution in [0.25, 0.3) is 91.7 Å². The summed E-state index contributed by atoms with van der Waals surface area (Å²) in [6.07, 6.45) is 0. The summed E-state index contributed by atoms with van der Waals surface area (Å²) in [5.74, 6) is 0. The fourth-order valence-corrected chi connectivity index (χ4v) is 9.49. The zero-order valence-electron chi connectivity index (χ0n) is 28.0. The van der Waals surface area contributed by atoms with Crippen LogP contribution >= 0.6 is 11.3 Å². The summed E-state index contributed by atoms with van der Waals surface area (Å²) in [7, 11) is 0. The van der Waals surface area contributed by atoms with Gasteiger partial charge in [-0.05, 0) is 83.3 Å². The maximum atomic E-state index is 2.50. The Morgan fingerprint density at radius 1 is 0.431 bits per heavy atom. The van der Waals surface area contributed by atoms with Crippen LogP contribution in [0.1, 0.15) is 5.56 Å². The van der Waals surface area contributed by atoms with Crippen LogP contribution < -0.4 is 4.24 Å². The molecule has 2 aliphatic rings. The molecule has 0 saturated carbocycles. The van der Waals surface area contributed by atoms with Crippen molar-refractivity contribution in [2.24, 2.45) is 0 Å². The highest BCUT2D eigenvalue weighted by Gasteiger charge is 2.22. The van der Waals surface area contributed by atoms with Crippen LogP contribution in [0.4, 0.5) is 0 Å². The molecule has 7 aromatic carbocycles. The Kier molecular flexibility index (Phi) is 6.07. The Hall–Kier alpha value is -6.29. The van der Waals surface area contributed by atoms with E-state index < -0.39 is 0 Å². The third-order valence-electron chi connectivity index (χ3n) is 10.7. The molecule has 2 aromatic heterocycles. The molecule has 4 heterocycles. The minimum absolute atomic E-state index is 1.21. The molecular formula is C48H31N2S+. The van der Waals surface area contributed by atoms with E-state index >= 15 is 0 Å². The van der Waals surface area contributed by atoms with E-state index in [2.05, 4.69) is 186 Å². The van der Waals surface area contributed by atoms with Gasteiger partial charge in [-0.2, -0.15) is 4.24 Å². The fraction of sp³-hybridized carbons (Fsp3) is 0.0208. The molecule has 2 nitrogen and oxygen atoms in total. The lowest BCUT2D eigenvalue weighted by molar-refractivity contribution is -0.457. The lowest BCUT2D eigenvalue weighted by Crippen LogP contribution is -2.25. The molecule has 0 amide bonds. The molecule has 2 aliphatic heterocycles. The van der Waals surface area contributed by atoms with Gasteiger partial charge in [0.25, 0.3) is 0 Å². The summed E-state index contributed by atoms with van der Waals surface area (Å²) in [6, 6.07) is 62.6. The number of para-hydroxylation sites is 2. The standard InChI is InChI=1S/C48H31N2S/c1-30-12-11-20-42-37-24-22-33(27-44(37)49(42)40-18-8-5-15-35(30)40)32-23-25-43-39(26-32)36-16-6-9-19-41(36)50(43)45-28-34(31-13-3-2-4-14-31)29-47-48(45)38-17-7-10-21-46(38)51-47/h2-29H,1H3/q+1. The van der Waals surface area contributed by atoms with Crippen LogP contribution in [0, 0.1) is 12.3 Å². The number of benzene rings is 7. The van der Waals surface area contributed by atoms with Gasteiger partial charge in [0, 0.05) is 54.5 Å². The van der Waals surface area contributed by atoms with Crippen molar-refractivity contribution in [1.29, 1.82) is 0 Å². The molecule has 238 valence electrons. The summed E-state index contributed by atoms with van der Waals surface area (Å²) in [5.41, 5.74) is 12.3. The summed E-state index contributed by atoms with van der Waals surface area (Å²) in [5, 5.41) is 8.95. The maximum absolute atomic E-state index is 2.50. The van der Waals surface area contributed by atoms with Gasteiger partial charge >= 0.3 is 0 Å². The van der Waals surface area contributed by atoms with Gasteiger partial charge in [0.2, 0.25) is 16.4 Å². The van der Waals surface area contributed by atoms with Crippen LogP contribution in [-0.2, 0) is 0 Å². The number of thiophene rings is 1. The van der Waals surface area contributed by atoms with E-state index in [1.807, 2.05) is 11.3 Å². The number of fused-ring (bicyclic) bond motifs is 11. The quantitative estimate of drug-likeness (QED) is 0.166. The Morgan fingerprint density at radius 2 is 1.16 bits per heavy atom. The van der Waals surface area contributed by atoms with Gasteiger partial charge in [0.1, 0.15) is 5.39 Å². The smallest absolute Gasteiger partial charge is 0.226 e. The van der Waals surface area contributed by atoms with Crippen LogP contribution in [0.2, 0.25) is 0 Å². The van der Waals surface area contributed by atoms with Crippen LogP contribution in [0.15, 0.2) is 170 Å². The number of aryl methyl sites for hydroxylation is 1. The number of hydrogen-bond donors (Lipinski definition) is 0. The van der Waals surface area contributed by atoms with E-state index in [1.165, 1.54) is 103 Å². The second-order valence-corrected chi connectivity index (χ2v) is 14.7. The molecule has 0 aliphatic carbocycles. The fourth-order valence-electron chi connectivity index (χ4n) is 8.33. The second kappa shape index (κ2) is 10.9. The average Bonchev–Trinajstić information content (AvgIpc) is 3.72. The van der Waals surface area contributed by atoms with Crippen molar-refractivity contribution in [3.63, 3.8) is 0 Å². The molecule has 11 rings (SSSR count). The Morgan fingerprint density at radius 3 is 2.06 bits per heavy atom. The van der Waals surface area contributed by atoms with Crippen molar-refractivity contribution in [3.8, 4) is 27.9 Å². The summed E-state index contributed by atoms with van der Waals surface area (Å²) >= 11 is 1.88. The molecule has 0 radical (unpaired) electrons. The van der Waals surface area contributed by atoms with E-state index in [4.69, 9.17) is 0 Å². The molecule has 0 N–H and O–H groups in total. The van der Waals surface area contributed by atoms with E-state index in [0.29, 0.717) is 0 Å². The average molecular weight is 668 g/mol. The van der Waals surface area contributed by atoms with Crippen molar-refractivity contribution in [2.75, 3.05) is 0 Å².